The van der Waals surface area contributed by atoms with Crippen LogP contribution in [0.15, 0.2) is 24.3 Å². The second-order valence-electron chi connectivity index (χ2n) is 4.55. The number of carbonyl (C=O) groups is 1. The highest BCUT2D eigenvalue weighted by Crippen LogP contribution is 2.19. The molecule has 0 aliphatic heterocycles. The minimum absolute atomic E-state index is 0.0406. The van der Waals surface area contributed by atoms with Crippen molar-refractivity contribution < 1.29 is 9.90 Å². The Bertz CT molecular complexity index is 343. The van der Waals surface area contributed by atoms with Crippen molar-refractivity contribution in [2.24, 2.45) is 11.7 Å². The van der Waals surface area contributed by atoms with E-state index in [1.807, 2.05) is 24.3 Å². The summed E-state index contributed by atoms with van der Waals surface area (Å²) < 4.78 is 0. The molecule has 0 bridgehead atoms. The van der Waals surface area contributed by atoms with Crippen molar-refractivity contribution in [1.29, 1.82) is 0 Å². The van der Waals surface area contributed by atoms with Gasteiger partial charge in [0, 0.05) is 6.04 Å². The Balaban J connectivity index is 2.66. The van der Waals surface area contributed by atoms with E-state index in [9.17, 15) is 4.79 Å². The first-order valence-electron chi connectivity index (χ1n) is 5.55. The summed E-state index contributed by atoms with van der Waals surface area (Å²) in [5.74, 6) is -0.243. The number of carboxylic acids is 1. The summed E-state index contributed by atoms with van der Waals surface area (Å²) in [6, 6.07) is 7.56. The van der Waals surface area contributed by atoms with E-state index < -0.39 is 5.97 Å². The molecule has 0 fully saturated rings. The van der Waals surface area contributed by atoms with Crippen molar-refractivity contribution in [2.45, 2.75) is 32.7 Å². The van der Waals surface area contributed by atoms with Crippen LogP contribution in [-0.2, 0) is 11.2 Å². The molecule has 0 aliphatic rings. The van der Waals surface area contributed by atoms with Gasteiger partial charge in [-0.05, 0) is 23.5 Å². The van der Waals surface area contributed by atoms with E-state index in [-0.39, 0.29) is 12.5 Å². The van der Waals surface area contributed by atoms with Crippen LogP contribution >= 0.6 is 0 Å². The first-order chi connectivity index (χ1) is 7.49. The van der Waals surface area contributed by atoms with Crippen LogP contribution in [0.5, 0.6) is 0 Å². The van der Waals surface area contributed by atoms with Gasteiger partial charge in [-0.25, -0.2) is 0 Å². The van der Waals surface area contributed by atoms with Gasteiger partial charge >= 0.3 is 5.97 Å². The highest BCUT2D eigenvalue weighted by Gasteiger charge is 2.08. The number of hydrogen-bond donors (Lipinski definition) is 2. The number of nitrogens with two attached hydrogens (primary N) is 1. The van der Waals surface area contributed by atoms with Crippen LogP contribution in [0.2, 0.25) is 0 Å². The highest BCUT2D eigenvalue weighted by molar-refractivity contribution is 5.70. The van der Waals surface area contributed by atoms with Gasteiger partial charge in [0.1, 0.15) is 0 Å². The SMILES string of the molecule is CC(C)CC(N)c1ccc(CC(=O)O)cc1. The van der Waals surface area contributed by atoms with E-state index >= 15 is 0 Å². The number of aliphatic carboxylic acids is 1. The number of rotatable bonds is 5. The summed E-state index contributed by atoms with van der Waals surface area (Å²) in [7, 11) is 0. The minimum Gasteiger partial charge on any atom is -0.481 e. The number of hydrogen-bond acceptors (Lipinski definition) is 2. The Morgan fingerprint density at radius 1 is 1.31 bits per heavy atom. The Labute approximate surface area is 96.3 Å². The molecule has 1 unspecified atom stereocenters. The Hall–Kier alpha value is -1.35. The van der Waals surface area contributed by atoms with Crippen LogP contribution in [0.1, 0.15) is 37.4 Å². The summed E-state index contributed by atoms with van der Waals surface area (Å²) in [6.07, 6.45) is 1.01. The maximum absolute atomic E-state index is 10.5. The van der Waals surface area contributed by atoms with Crippen LogP contribution in [0.4, 0.5) is 0 Å². The second-order valence-corrected chi connectivity index (χ2v) is 4.55. The first kappa shape index (κ1) is 12.7. The average Bonchev–Trinajstić information content (AvgIpc) is 2.16. The zero-order chi connectivity index (χ0) is 12.1. The molecule has 1 rings (SSSR count). The maximum atomic E-state index is 10.5. The largest absolute Gasteiger partial charge is 0.481 e. The molecule has 0 amide bonds. The number of carboxylic acid groups (broad SMARTS) is 1. The third-order valence-corrected chi connectivity index (χ3v) is 2.49. The fourth-order valence-electron chi connectivity index (χ4n) is 1.70. The van der Waals surface area contributed by atoms with E-state index in [1.54, 1.807) is 0 Å². The monoisotopic (exact) mass is 221 g/mol. The second kappa shape index (κ2) is 5.66. The zero-order valence-corrected chi connectivity index (χ0v) is 9.81. The molecule has 0 saturated carbocycles. The molecule has 16 heavy (non-hydrogen) atoms. The Morgan fingerprint density at radius 3 is 2.31 bits per heavy atom. The molecule has 0 aromatic heterocycles. The molecular weight excluding hydrogens is 202 g/mol. The maximum Gasteiger partial charge on any atom is 0.307 e. The summed E-state index contributed by atoms with van der Waals surface area (Å²) in [5.41, 5.74) is 7.92. The highest BCUT2D eigenvalue weighted by atomic mass is 16.4. The van der Waals surface area contributed by atoms with Crippen LogP contribution in [-0.4, -0.2) is 11.1 Å². The van der Waals surface area contributed by atoms with Crippen LogP contribution in [0.25, 0.3) is 0 Å². The molecule has 0 aliphatic carbocycles. The van der Waals surface area contributed by atoms with Gasteiger partial charge in [0.25, 0.3) is 0 Å². The third kappa shape index (κ3) is 4.03. The Morgan fingerprint density at radius 2 is 1.88 bits per heavy atom. The summed E-state index contributed by atoms with van der Waals surface area (Å²) in [6.45, 7) is 4.28. The normalized spacial score (nSPS) is 12.8. The Kier molecular flexibility index (Phi) is 4.50. The summed E-state index contributed by atoms with van der Waals surface area (Å²) in [5, 5.41) is 8.64. The molecule has 3 nitrogen and oxygen atoms in total. The molecule has 0 radical (unpaired) electrons. The molecule has 0 heterocycles. The van der Waals surface area contributed by atoms with E-state index in [1.165, 1.54) is 0 Å². The van der Waals surface area contributed by atoms with Gasteiger partial charge in [0.15, 0.2) is 0 Å². The lowest BCUT2D eigenvalue weighted by Crippen LogP contribution is -2.13. The quantitative estimate of drug-likeness (QED) is 0.802. The molecule has 0 saturated heterocycles. The zero-order valence-electron chi connectivity index (χ0n) is 9.81. The van der Waals surface area contributed by atoms with Crippen LogP contribution in [0, 0.1) is 5.92 Å². The van der Waals surface area contributed by atoms with Gasteiger partial charge in [-0.2, -0.15) is 0 Å². The predicted molar refractivity (Wildman–Crippen MR) is 64.2 cm³/mol. The van der Waals surface area contributed by atoms with Gasteiger partial charge in [0.05, 0.1) is 6.42 Å². The van der Waals surface area contributed by atoms with E-state index in [4.69, 9.17) is 10.8 Å². The summed E-state index contributed by atoms with van der Waals surface area (Å²) >= 11 is 0. The predicted octanol–water partition coefficient (Wildman–Crippen LogP) is 2.36. The lowest BCUT2D eigenvalue weighted by Gasteiger charge is -2.14. The lowest BCUT2D eigenvalue weighted by atomic mass is 9.97. The molecule has 0 spiro atoms. The summed E-state index contributed by atoms with van der Waals surface area (Å²) in [4.78, 5) is 10.5. The van der Waals surface area contributed by atoms with Gasteiger partial charge in [-0.3, -0.25) is 4.79 Å². The van der Waals surface area contributed by atoms with Gasteiger partial charge in [0.2, 0.25) is 0 Å². The van der Waals surface area contributed by atoms with Crippen molar-refractivity contribution >= 4 is 5.97 Å². The minimum atomic E-state index is -0.806. The van der Waals surface area contributed by atoms with Gasteiger partial charge < -0.3 is 10.8 Å². The molecule has 1 aromatic carbocycles. The van der Waals surface area contributed by atoms with Crippen molar-refractivity contribution in [2.75, 3.05) is 0 Å². The van der Waals surface area contributed by atoms with Crippen molar-refractivity contribution in [1.82, 2.24) is 0 Å². The molecule has 3 heteroatoms. The molecule has 1 atom stereocenters. The third-order valence-electron chi connectivity index (χ3n) is 2.49. The fourth-order valence-corrected chi connectivity index (χ4v) is 1.70. The lowest BCUT2D eigenvalue weighted by molar-refractivity contribution is -0.136. The standard InChI is InChI=1S/C13H19NO2/c1-9(2)7-12(14)11-5-3-10(4-6-11)8-13(15)16/h3-6,9,12H,7-8,14H2,1-2H3,(H,15,16). The molecule has 3 N–H and O–H groups in total. The molecular formula is C13H19NO2. The first-order valence-corrected chi connectivity index (χ1v) is 5.55. The van der Waals surface area contributed by atoms with Crippen molar-refractivity contribution in [3.8, 4) is 0 Å². The van der Waals surface area contributed by atoms with Crippen molar-refractivity contribution in [3.63, 3.8) is 0 Å². The molecule has 88 valence electrons. The fraction of sp³-hybridized carbons (Fsp3) is 0.462. The van der Waals surface area contributed by atoms with E-state index in [0.717, 1.165) is 17.5 Å². The smallest absolute Gasteiger partial charge is 0.307 e. The van der Waals surface area contributed by atoms with Crippen LogP contribution in [0.3, 0.4) is 0 Å². The van der Waals surface area contributed by atoms with Crippen molar-refractivity contribution in [3.05, 3.63) is 35.4 Å². The average molecular weight is 221 g/mol. The topological polar surface area (TPSA) is 63.3 Å². The van der Waals surface area contributed by atoms with E-state index in [2.05, 4.69) is 13.8 Å². The molecule has 1 aromatic rings. The van der Waals surface area contributed by atoms with Crippen LogP contribution < -0.4 is 5.73 Å². The van der Waals surface area contributed by atoms with Gasteiger partial charge in [-0.1, -0.05) is 38.1 Å². The van der Waals surface area contributed by atoms with Gasteiger partial charge in [-0.15, -0.1) is 0 Å². The van der Waals surface area contributed by atoms with E-state index in [0.29, 0.717) is 5.92 Å². The number of benzene rings is 1.